The standard InChI is InChI=1S/C20H24FN3O4S/c1-20(2,26)19-23-10-17(28-19)29(22,27)24-16(25)9-15-11-5-3-7-13(11)18(21)14-8-4-6-12(14)15/h10,26H,3-9H2,1-2H3,(H2,22,24,25,27). The molecule has 0 spiro atoms. The monoisotopic (exact) mass is 421 g/mol. The van der Waals surface area contributed by atoms with Gasteiger partial charge in [0.15, 0.2) is 9.92 Å². The molecule has 1 unspecified atom stereocenters. The Balaban J connectivity index is 1.67. The molecule has 0 saturated carbocycles. The van der Waals surface area contributed by atoms with Crippen LogP contribution in [0.15, 0.2) is 20.1 Å². The fraction of sp³-hybridized carbons (Fsp3) is 0.500. The van der Waals surface area contributed by atoms with Gasteiger partial charge < -0.3 is 9.52 Å². The van der Waals surface area contributed by atoms with E-state index >= 15 is 0 Å². The molecule has 2 aliphatic rings. The van der Waals surface area contributed by atoms with Crippen molar-refractivity contribution in [3.05, 3.63) is 45.7 Å². The molecule has 2 aromatic rings. The summed E-state index contributed by atoms with van der Waals surface area (Å²) in [6, 6.07) is 0. The Bertz CT molecular complexity index is 1090. The van der Waals surface area contributed by atoms with Gasteiger partial charge in [-0.05, 0) is 80.2 Å². The van der Waals surface area contributed by atoms with Crippen LogP contribution < -0.4 is 5.14 Å². The number of carbonyl (C=O) groups excluding carboxylic acids is 1. The summed E-state index contributed by atoms with van der Waals surface area (Å²) < 4.78 is 36.5. The molecular formula is C20H24FN3O4S. The first-order valence-electron chi connectivity index (χ1n) is 9.68. The molecule has 0 aliphatic heterocycles. The summed E-state index contributed by atoms with van der Waals surface area (Å²) >= 11 is 0. The summed E-state index contributed by atoms with van der Waals surface area (Å²) in [7, 11) is -3.64. The number of oxazole rings is 1. The number of rotatable bonds is 4. The van der Waals surface area contributed by atoms with E-state index in [0.29, 0.717) is 24.0 Å². The van der Waals surface area contributed by atoms with Crippen LogP contribution in [0.5, 0.6) is 0 Å². The van der Waals surface area contributed by atoms with E-state index in [4.69, 9.17) is 9.56 Å². The number of fused-ring (bicyclic) bond motifs is 2. The van der Waals surface area contributed by atoms with Crippen LogP contribution in [0, 0.1) is 5.82 Å². The minimum atomic E-state index is -3.64. The fourth-order valence-corrected chi connectivity index (χ4v) is 5.13. The number of hydrogen-bond acceptors (Lipinski definition) is 5. The Morgan fingerprint density at radius 3 is 2.31 bits per heavy atom. The SMILES string of the molecule is CC(C)(O)c1ncc(S(N)(=O)=NC(=O)Cc2c3c(c(F)c4c2CCC4)CCC3)o1. The Kier molecular flexibility index (Phi) is 4.87. The molecule has 29 heavy (non-hydrogen) atoms. The Labute approximate surface area is 168 Å². The maximum atomic E-state index is 14.8. The summed E-state index contributed by atoms with van der Waals surface area (Å²) in [5.74, 6) is -0.822. The molecule has 1 atom stereocenters. The van der Waals surface area contributed by atoms with Crippen LogP contribution in [-0.2, 0) is 52.4 Å². The first kappa shape index (κ1) is 20.2. The number of aliphatic hydroxyl groups is 1. The fourth-order valence-electron chi connectivity index (χ4n) is 4.27. The quantitative estimate of drug-likeness (QED) is 0.786. The second-order valence-corrected chi connectivity index (χ2v) is 9.91. The van der Waals surface area contributed by atoms with E-state index in [1.165, 1.54) is 13.8 Å². The van der Waals surface area contributed by atoms with Crippen molar-refractivity contribution in [2.45, 2.75) is 69.5 Å². The number of hydrogen-bond donors (Lipinski definition) is 2. The van der Waals surface area contributed by atoms with Crippen molar-refractivity contribution < 1.29 is 22.9 Å². The van der Waals surface area contributed by atoms with Crippen LogP contribution in [0.25, 0.3) is 0 Å². The molecule has 1 aromatic carbocycles. The first-order chi connectivity index (χ1) is 13.6. The molecule has 0 radical (unpaired) electrons. The maximum Gasteiger partial charge on any atom is 0.259 e. The van der Waals surface area contributed by atoms with Gasteiger partial charge in [-0.15, -0.1) is 4.36 Å². The predicted octanol–water partition coefficient (Wildman–Crippen LogP) is 2.49. The number of benzene rings is 1. The highest BCUT2D eigenvalue weighted by molar-refractivity contribution is 7.91. The van der Waals surface area contributed by atoms with Crippen LogP contribution in [0.4, 0.5) is 4.39 Å². The molecule has 1 aromatic heterocycles. The van der Waals surface area contributed by atoms with E-state index in [-0.39, 0.29) is 23.2 Å². The third-order valence-electron chi connectivity index (χ3n) is 5.56. The van der Waals surface area contributed by atoms with Gasteiger partial charge in [-0.3, -0.25) is 4.79 Å². The van der Waals surface area contributed by atoms with Crippen LogP contribution >= 0.6 is 0 Å². The third-order valence-corrected chi connectivity index (χ3v) is 6.80. The lowest BCUT2D eigenvalue weighted by molar-refractivity contribution is -0.117. The summed E-state index contributed by atoms with van der Waals surface area (Å²) in [6.45, 7) is 2.91. The summed E-state index contributed by atoms with van der Waals surface area (Å²) in [6.07, 6.45) is 5.59. The lowest BCUT2D eigenvalue weighted by atomic mass is 9.91. The van der Waals surface area contributed by atoms with Gasteiger partial charge in [-0.25, -0.2) is 18.7 Å². The summed E-state index contributed by atoms with van der Waals surface area (Å²) in [4.78, 5) is 16.5. The van der Waals surface area contributed by atoms with Gasteiger partial charge in [-0.1, -0.05) is 0 Å². The number of aromatic nitrogens is 1. The largest absolute Gasteiger partial charge is 0.426 e. The van der Waals surface area contributed by atoms with Crippen LogP contribution in [0.3, 0.4) is 0 Å². The smallest absolute Gasteiger partial charge is 0.259 e. The minimum Gasteiger partial charge on any atom is -0.426 e. The number of carbonyl (C=O) groups is 1. The van der Waals surface area contributed by atoms with Gasteiger partial charge in [0.25, 0.3) is 5.91 Å². The van der Waals surface area contributed by atoms with Crippen LogP contribution in [0.2, 0.25) is 0 Å². The minimum absolute atomic E-state index is 0.0639. The van der Waals surface area contributed by atoms with Gasteiger partial charge >= 0.3 is 0 Å². The molecule has 2 aliphatic carbocycles. The van der Waals surface area contributed by atoms with Crippen molar-refractivity contribution in [2.75, 3.05) is 0 Å². The highest BCUT2D eigenvalue weighted by atomic mass is 32.2. The van der Waals surface area contributed by atoms with Crippen molar-refractivity contribution in [1.82, 2.24) is 4.98 Å². The maximum absolute atomic E-state index is 14.8. The van der Waals surface area contributed by atoms with E-state index in [0.717, 1.165) is 48.6 Å². The zero-order valence-corrected chi connectivity index (χ0v) is 17.3. The topological polar surface area (TPSA) is 119 Å². The molecule has 156 valence electrons. The summed E-state index contributed by atoms with van der Waals surface area (Å²) in [5.41, 5.74) is 2.68. The second-order valence-electron chi connectivity index (χ2n) is 8.19. The molecule has 7 nitrogen and oxygen atoms in total. The lowest BCUT2D eigenvalue weighted by Crippen LogP contribution is -2.17. The third kappa shape index (κ3) is 3.62. The Hall–Kier alpha value is -2.10. The van der Waals surface area contributed by atoms with E-state index in [2.05, 4.69) is 9.35 Å². The van der Waals surface area contributed by atoms with E-state index in [1.807, 2.05) is 0 Å². The molecule has 3 N–H and O–H groups in total. The molecule has 4 rings (SSSR count). The van der Waals surface area contributed by atoms with Gasteiger partial charge in [0.1, 0.15) is 11.4 Å². The van der Waals surface area contributed by atoms with Crippen molar-refractivity contribution in [1.29, 1.82) is 0 Å². The Morgan fingerprint density at radius 1 is 1.24 bits per heavy atom. The average molecular weight is 421 g/mol. The van der Waals surface area contributed by atoms with Crippen LogP contribution in [-0.4, -0.2) is 20.2 Å². The van der Waals surface area contributed by atoms with Gasteiger partial charge in [0.05, 0.1) is 12.6 Å². The molecule has 0 bridgehead atoms. The highest BCUT2D eigenvalue weighted by Crippen LogP contribution is 2.38. The zero-order chi connectivity index (χ0) is 21.0. The first-order valence-corrected chi connectivity index (χ1v) is 11.3. The van der Waals surface area contributed by atoms with Gasteiger partial charge in [-0.2, -0.15) is 0 Å². The average Bonchev–Trinajstić information content (AvgIpc) is 3.37. The van der Waals surface area contributed by atoms with Gasteiger partial charge in [0, 0.05) is 0 Å². The Morgan fingerprint density at radius 2 is 1.79 bits per heavy atom. The summed E-state index contributed by atoms with van der Waals surface area (Å²) in [5, 5.41) is 15.4. The second kappa shape index (κ2) is 7.00. The molecule has 0 fully saturated rings. The number of amides is 1. The van der Waals surface area contributed by atoms with E-state index in [9.17, 15) is 18.5 Å². The van der Waals surface area contributed by atoms with Crippen LogP contribution in [0.1, 0.15) is 60.4 Å². The van der Waals surface area contributed by atoms with Gasteiger partial charge in [0.2, 0.25) is 11.0 Å². The van der Waals surface area contributed by atoms with Crippen molar-refractivity contribution in [3.8, 4) is 0 Å². The lowest BCUT2D eigenvalue weighted by Gasteiger charge is -2.15. The molecule has 1 amide bonds. The molecule has 1 heterocycles. The number of halogens is 1. The normalized spacial score (nSPS) is 17.7. The predicted molar refractivity (Wildman–Crippen MR) is 104 cm³/mol. The molecule has 9 heteroatoms. The number of nitrogens with zero attached hydrogens (tertiary/aromatic N) is 2. The van der Waals surface area contributed by atoms with Crippen molar-refractivity contribution in [3.63, 3.8) is 0 Å². The molecule has 0 saturated heterocycles. The van der Waals surface area contributed by atoms with E-state index in [1.54, 1.807) is 0 Å². The molecular weight excluding hydrogens is 397 g/mol. The van der Waals surface area contributed by atoms with Crippen molar-refractivity contribution >= 4 is 15.8 Å². The zero-order valence-electron chi connectivity index (χ0n) is 16.5. The van der Waals surface area contributed by atoms with Crippen molar-refractivity contribution in [2.24, 2.45) is 9.50 Å². The highest BCUT2D eigenvalue weighted by Gasteiger charge is 2.30. The van der Waals surface area contributed by atoms with E-state index < -0.39 is 21.4 Å². The number of nitrogens with two attached hydrogens (primary N) is 1.